The van der Waals surface area contributed by atoms with Gasteiger partial charge in [-0.1, -0.05) is 26.3 Å². The molecule has 1 aromatic carbocycles. The molecular formula is C23H32N4O4. The van der Waals surface area contributed by atoms with Gasteiger partial charge in [-0.05, 0) is 38.0 Å². The number of carbonyl (C=O) groups excluding carboxylic acids is 2. The number of carbonyl (C=O) groups is 2. The first-order chi connectivity index (χ1) is 14.8. The van der Waals surface area contributed by atoms with Crippen LogP contribution in [0.5, 0.6) is 0 Å². The molecule has 0 aliphatic rings. The van der Waals surface area contributed by atoms with Crippen LogP contribution in [0.4, 0.5) is 5.69 Å². The van der Waals surface area contributed by atoms with Gasteiger partial charge in [-0.2, -0.15) is 0 Å². The molecule has 0 aliphatic heterocycles. The number of rotatable bonds is 11. The van der Waals surface area contributed by atoms with E-state index >= 15 is 0 Å². The summed E-state index contributed by atoms with van der Waals surface area (Å²) in [6, 6.07) is 9.39. The Kier molecular flexibility index (Phi) is 8.78. The van der Waals surface area contributed by atoms with Gasteiger partial charge < -0.3 is 14.4 Å². The number of nitro benzene ring substituents is 1. The maximum Gasteiger partial charge on any atom is 0.270 e. The predicted octanol–water partition coefficient (Wildman–Crippen LogP) is 4.00. The Balaban J connectivity index is 2.25. The molecule has 8 nitrogen and oxygen atoms in total. The van der Waals surface area contributed by atoms with E-state index in [2.05, 4.69) is 6.92 Å². The number of unbranched alkanes of at least 4 members (excludes halogenated alkanes) is 1. The van der Waals surface area contributed by atoms with Crippen LogP contribution in [0.25, 0.3) is 0 Å². The van der Waals surface area contributed by atoms with Crippen molar-refractivity contribution in [1.29, 1.82) is 0 Å². The summed E-state index contributed by atoms with van der Waals surface area (Å²) >= 11 is 0. The van der Waals surface area contributed by atoms with Crippen molar-refractivity contribution in [1.82, 2.24) is 14.4 Å². The Morgan fingerprint density at radius 2 is 1.94 bits per heavy atom. The van der Waals surface area contributed by atoms with E-state index in [0.29, 0.717) is 19.5 Å². The first kappa shape index (κ1) is 24.1. The Morgan fingerprint density at radius 3 is 2.52 bits per heavy atom. The van der Waals surface area contributed by atoms with E-state index in [1.807, 2.05) is 43.8 Å². The van der Waals surface area contributed by atoms with Crippen molar-refractivity contribution in [2.24, 2.45) is 7.05 Å². The largest absolute Gasteiger partial charge is 0.353 e. The second-order valence-electron chi connectivity index (χ2n) is 7.78. The number of non-ortho nitro benzene ring substituents is 1. The summed E-state index contributed by atoms with van der Waals surface area (Å²) < 4.78 is 1.98. The van der Waals surface area contributed by atoms with Crippen LogP contribution in [0.1, 0.15) is 56.1 Å². The van der Waals surface area contributed by atoms with Gasteiger partial charge in [0.2, 0.25) is 5.91 Å². The third kappa shape index (κ3) is 6.41. The minimum Gasteiger partial charge on any atom is -0.353 e. The second-order valence-corrected chi connectivity index (χ2v) is 7.78. The van der Waals surface area contributed by atoms with E-state index in [1.54, 1.807) is 11.0 Å². The standard InChI is InChI=1S/C23H32N4O4/c1-5-7-14-25(16-21-12-9-13-24(21)4)22(28)17-26(18(3)6-2)23(29)19-10-8-11-20(15-19)27(30)31/h8-13,15,18H,5-7,14,16-17H2,1-4H3. The molecule has 0 spiro atoms. The van der Waals surface area contributed by atoms with E-state index in [1.165, 1.54) is 23.1 Å². The summed E-state index contributed by atoms with van der Waals surface area (Å²) in [6.07, 6.45) is 4.44. The number of benzene rings is 1. The molecule has 0 fully saturated rings. The van der Waals surface area contributed by atoms with Crippen molar-refractivity contribution in [2.75, 3.05) is 13.1 Å². The summed E-state index contributed by atoms with van der Waals surface area (Å²) in [5.41, 5.74) is 1.09. The SMILES string of the molecule is CCCCN(Cc1cccn1C)C(=O)CN(C(=O)c1cccc([N+](=O)[O-])c1)C(C)CC. The molecule has 2 amide bonds. The average Bonchev–Trinajstić information content (AvgIpc) is 3.18. The van der Waals surface area contributed by atoms with Gasteiger partial charge in [0.25, 0.3) is 11.6 Å². The molecule has 1 heterocycles. The van der Waals surface area contributed by atoms with Crippen molar-refractivity contribution < 1.29 is 14.5 Å². The zero-order chi connectivity index (χ0) is 23.0. The Hall–Kier alpha value is -3.16. The van der Waals surface area contributed by atoms with Gasteiger partial charge in [0, 0.05) is 49.2 Å². The molecule has 0 radical (unpaired) electrons. The monoisotopic (exact) mass is 428 g/mol. The van der Waals surface area contributed by atoms with Crippen molar-refractivity contribution in [2.45, 2.75) is 52.6 Å². The molecule has 0 saturated carbocycles. The number of nitro groups is 1. The maximum atomic E-state index is 13.2. The Morgan fingerprint density at radius 1 is 1.19 bits per heavy atom. The summed E-state index contributed by atoms with van der Waals surface area (Å²) in [7, 11) is 1.94. The van der Waals surface area contributed by atoms with Gasteiger partial charge in [-0.25, -0.2) is 0 Å². The minimum atomic E-state index is -0.526. The quantitative estimate of drug-likeness (QED) is 0.400. The zero-order valence-electron chi connectivity index (χ0n) is 18.8. The Bertz CT molecular complexity index is 908. The normalized spacial score (nSPS) is 11.7. The number of hydrogen-bond donors (Lipinski definition) is 0. The molecule has 0 N–H and O–H groups in total. The van der Waals surface area contributed by atoms with Crippen LogP contribution in [-0.2, 0) is 18.4 Å². The molecule has 2 rings (SSSR count). The van der Waals surface area contributed by atoms with Crippen LogP contribution in [0.3, 0.4) is 0 Å². The van der Waals surface area contributed by atoms with Crippen LogP contribution in [-0.4, -0.2) is 50.2 Å². The lowest BCUT2D eigenvalue weighted by Crippen LogP contribution is -2.46. The Labute approximate surface area is 183 Å². The third-order valence-electron chi connectivity index (χ3n) is 5.53. The van der Waals surface area contributed by atoms with E-state index in [4.69, 9.17) is 0 Å². The highest BCUT2D eigenvalue weighted by Gasteiger charge is 2.26. The number of nitrogens with zero attached hydrogens (tertiary/aromatic N) is 4. The first-order valence-electron chi connectivity index (χ1n) is 10.7. The molecule has 168 valence electrons. The summed E-state index contributed by atoms with van der Waals surface area (Å²) in [5, 5.41) is 11.1. The third-order valence-corrected chi connectivity index (χ3v) is 5.53. The van der Waals surface area contributed by atoms with E-state index < -0.39 is 4.92 Å². The summed E-state index contributed by atoms with van der Waals surface area (Å²) in [6.45, 7) is 6.92. The number of amides is 2. The fourth-order valence-electron chi connectivity index (χ4n) is 3.31. The lowest BCUT2D eigenvalue weighted by molar-refractivity contribution is -0.384. The molecule has 31 heavy (non-hydrogen) atoms. The van der Waals surface area contributed by atoms with Crippen LogP contribution in [0, 0.1) is 10.1 Å². The van der Waals surface area contributed by atoms with E-state index in [-0.39, 0.29) is 35.7 Å². The van der Waals surface area contributed by atoms with Gasteiger partial charge in [-0.3, -0.25) is 19.7 Å². The average molecular weight is 429 g/mol. The van der Waals surface area contributed by atoms with Crippen LogP contribution >= 0.6 is 0 Å². The first-order valence-corrected chi connectivity index (χ1v) is 10.7. The number of hydrogen-bond acceptors (Lipinski definition) is 4. The van der Waals surface area contributed by atoms with Gasteiger partial charge in [0.1, 0.15) is 6.54 Å². The van der Waals surface area contributed by atoms with Crippen LogP contribution in [0.15, 0.2) is 42.6 Å². The second kappa shape index (κ2) is 11.3. The minimum absolute atomic E-state index is 0.0648. The van der Waals surface area contributed by atoms with E-state index in [9.17, 15) is 19.7 Å². The molecular weight excluding hydrogens is 396 g/mol. The smallest absolute Gasteiger partial charge is 0.270 e. The lowest BCUT2D eigenvalue weighted by atomic mass is 10.1. The predicted molar refractivity (Wildman–Crippen MR) is 120 cm³/mol. The summed E-state index contributed by atoms with van der Waals surface area (Å²) in [5.74, 6) is -0.505. The van der Waals surface area contributed by atoms with Crippen molar-refractivity contribution in [3.05, 3.63) is 64.0 Å². The fraction of sp³-hybridized carbons (Fsp3) is 0.478. The van der Waals surface area contributed by atoms with Crippen LogP contribution in [0.2, 0.25) is 0 Å². The molecule has 0 aliphatic carbocycles. The van der Waals surface area contributed by atoms with Gasteiger partial charge >= 0.3 is 0 Å². The van der Waals surface area contributed by atoms with Crippen LogP contribution < -0.4 is 0 Å². The highest BCUT2D eigenvalue weighted by atomic mass is 16.6. The fourth-order valence-corrected chi connectivity index (χ4v) is 3.31. The number of aryl methyl sites for hydroxylation is 1. The molecule has 1 unspecified atom stereocenters. The molecule has 1 aromatic heterocycles. The maximum absolute atomic E-state index is 13.2. The lowest BCUT2D eigenvalue weighted by Gasteiger charge is -2.31. The van der Waals surface area contributed by atoms with Crippen molar-refractivity contribution in [3.63, 3.8) is 0 Å². The van der Waals surface area contributed by atoms with Gasteiger partial charge in [-0.15, -0.1) is 0 Å². The van der Waals surface area contributed by atoms with Crippen molar-refractivity contribution in [3.8, 4) is 0 Å². The highest BCUT2D eigenvalue weighted by molar-refractivity contribution is 5.97. The molecule has 8 heteroatoms. The van der Waals surface area contributed by atoms with Gasteiger partial charge in [0.05, 0.1) is 11.5 Å². The van der Waals surface area contributed by atoms with E-state index in [0.717, 1.165) is 18.5 Å². The zero-order valence-corrected chi connectivity index (χ0v) is 18.8. The summed E-state index contributed by atoms with van der Waals surface area (Å²) in [4.78, 5) is 40.3. The molecule has 1 atom stereocenters. The molecule has 2 aromatic rings. The highest BCUT2D eigenvalue weighted by Crippen LogP contribution is 2.18. The molecule has 0 saturated heterocycles. The van der Waals surface area contributed by atoms with Gasteiger partial charge in [0.15, 0.2) is 0 Å². The number of aromatic nitrogens is 1. The van der Waals surface area contributed by atoms with Crippen molar-refractivity contribution >= 4 is 17.5 Å². The molecule has 0 bridgehead atoms. The topological polar surface area (TPSA) is 88.7 Å².